The first kappa shape index (κ1) is 18.1. The Morgan fingerprint density at radius 3 is 2.45 bits per heavy atom. The lowest BCUT2D eigenvalue weighted by molar-refractivity contribution is -0.121. The van der Waals surface area contributed by atoms with Crippen LogP contribution in [-0.2, 0) is 9.59 Å². The molecular formula is C26H18N2O2S. The third kappa shape index (κ3) is 2.81. The van der Waals surface area contributed by atoms with Crippen molar-refractivity contribution in [2.75, 3.05) is 4.90 Å². The van der Waals surface area contributed by atoms with E-state index in [0.717, 1.165) is 37.1 Å². The van der Waals surface area contributed by atoms with E-state index in [2.05, 4.69) is 29.2 Å². The number of imide groups is 1. The molecule has 1 N–H and O–H groups in total. The SMILES string of the molecule is O=C1CC(c2c(-c3cc4ccccc4[nH]3)sc3ccccc23)C(=O)N1c1ccccc1. The third-order valence-electron chi connectivity index (χ3n) is 5.92. The number of benzene rings is 3. The summed E-state index contributed by atoms with van der Waals surface area (Å²) in [5.41, 5.74) is 3.62. The molecule has 1 saturated heterocycles. The molecule has 5 aromatic rings. The van der Waals surface area contributed by atoms with Gasteiger partial charge in [0.25, 0.3) is 0 Å². The van der Waals surface area contributed by atoms with Crippen LogP contribution in [0, 0.1) is 0 Å². The average Bonchev–Trinajstić information content (AvgIpc) is 3.47. The van der Waals surface area contributed by atoms with E-state index in [1.807, 2.05) is 60.7 Å². The number of nitrogens with zero attached hydrogens (tertiary/aromatic N) is 1. The average molecular weight is 423 g/mol. The topological polar surface area (TPSA) is 53.2 Å². The van der Waals surface area contributed by atoms with Gasteiger partial charge in [-0.1, -0.05) is 54.6 Å². The van der Waals surface area contributed by atoms with Crippen molar-refractivity contribution in [2.45, 2.75) is 12.3 Å². The van der Waals surface area contributed by atoms with Crippen LogP contribution in [0.4, 0.5) is 5.69 Å². The minimum Gasteiger partial charge on any atom is -0.354 e. The number of thiophene rings is 1. The van der Waals surface area contributed by atoms with E-state index in [9.17, 15) is 9.59 Å². The van der Waals surface area contributed by atoms with Gasteiger partial charge in [0.15, 0.2) is 0 Å². The Balaban J connectivity index is 1.53. The van der Waals surface area contributed by atoms with E-state index in [0.29, 0.717) is 5.69 Å². The second-order valence-electron chi connectivity index (χ2n) is 7.77. The van der Waals surface area contributed by atoms with Crippen LogP contribution in [0.5, 0.6) is 0 Å². The molecule has 1 fully saturated rings. The maximum atomic E-state index is 13.5. The number of amides is 2. The minimum absolute atomic E-state index is 0.154. The van der Waals surface area contributed by atoms with Crippen LogP contribution < -0.4 is 4.90 Å². The first-order valence-corrected chi connectivity index (χ1v) is 11.0. The molecule has 1 atom stereocenters. The smallest absolute Gasteiger partial charge is 0.241 e. The summed E-state index contributed by atoms with van der Waals surface area (Å²) in [6.45, 7) is 0. The molecule has 3 heterocycles. The normalized spacial score (nSPS) is 16.6. The molecule has 2 aromatic heterocycles. The number of nitrogens with one attached hydrogen (secondary N) is 1. The molecule has 1 aliphatic heterocycles. The molecule has 2 amide bonds. The number of anilines is 1. The second kappa shape index (κ2) is 6.93. The predicted molar refractivity (Wildman–Crippen MR) is 125 cm³/mol. The summed E-state index contributed by atoms with van der Waals surface area (Å²) < 4.78 is 1.12. The molecule has 0 spiro atoms. The molecule has 0 aliphatic carbocycles. The highest BCUT2D eigenvalue weighted by molar-refractivity contribution is 7.22. The van der Waals surface area contributed by atoms with Crippen molar-refractivity contribution in [2.24, 2.45) is 0 Å². The van der Waals surface area contributed by atoms with Gasteiger partial charge in [-0.15, -0.1) is 11.3 Å². The lowest BCUT2D eigenvalue weighted by Gasteiger charge is -2.15. The quantitative estimate of drug-likeness (QED) is 0.357. The van der Waals surface area contributed by atoms with E-state index < -0.39 is 5.92 Å². The molecular weight excluding hydrogens is 404 g/mol. The van der Waals surface area contributed by atoms with Gasteiger partial charge in [-0.3, -0.25) is 14.5 Å². The van der Waals surface area contributed by atoms with Crippen LogP contribution >= 0.6 is 11.3 Å². The van der Waals surface area contributed by atoms with Gasteiger partial charge in [-0.2, -0.15) is 0 Å². The lowest BCUT2D eigenvalue weighted by atomic mass is 9.93. The summed E-state index contributed by atoms with van der Waals surface area (Å²) in [6.07, 6.45) is 0.182. The number of hydrogen-bond donors (Lipinski definition) is 1. The molecule has 4 nitrogen and oxygen atoms in total. The van der Waals surface area contributed by atoms with Crippen LogP contribution in [0.3, 0.4) is 0 Å². The van der Waals surface area contributed by atoms with Crippen molar-refractivity contribution in [1.82, 2.24) is 4.98 Å². The van der Waals surface area contributed by atoms with Crippen LogP contribution in [0.15, 0.2) is 84.9 Å². The Kier molecular flexibility index (Phi) is 4.04. The zero-order valence-electron chi connectivity index (χ0n) is 16.5. The van der Waals surface area contributed by atoms with Crippen molar-refractivity contribution < 1.29 is 9.59 Å². The van der Waals surface area contributed by atoms with Crippen molar-refractivity contribution in [3.8, 4) is 10.6 Å². The van der Waals surface area contributed by atoms with E-state index in [-0.39, 0.29) is 18.2 Å². The number of rotatable bonds is 3. The first-order chi connectivity index (χ1) is 15.2. The largest absolute Gasteiger partial charge is 0.354 e. The van der Waals surface area contributed by atoms with Crippen LogP contribution in [0.2, 0.25) is 0 Å². The van der Waals surface area contributed by atoms with E-state index in [1.165, 1.54) is 4.90 Å². The van der Waals surface area contributed by atoms with Crippen LogP contribution in [0.25, 0.3) is 31.6 Å². The zero-order chi connectivity index (χ0) is 20.9. The molecule has 3 aromatic carbocycles. The Labute approximate surface area is 182 Å². The molecule has 0 saturated carbocycles. The van der Waals surface area contributed by atoms with Gasteiger partial charge in [0.1, 0.15) is 0 Å². The summed E-state index contributed by atoms with van der Waals surface area (Å²) >= 11 is 1.67. The zero-order valence-corrected chi connectivity index (χ0v) is 17.4. The van der Waals surface area contributed by atoms with Crippen molar-refractivity contribution in [1.29, 1.82) is 0 Å². The molecule has 31 heavy (non-hydrogen) atoms. The number of para-hydroxylation sites is 2. The van der Waals surface area contributed by atoms with Crippen LogP contribution in [-0.4, -0.2) is 16.8 Å². The van der Waals surface area contributed by atoms with Crippen LogP contribution in [0.1, 0.15) is 17.9 Å². The number of carbonyl (C=O) groups is 2. The van der Waals surface area contributed by atoms with Gasteiger partial charge in [0, 0.05) is 22.0 Å². The number of hydrogen-bond acceptors (Lipinski definition) is 3. The van der Waals surface area contributed by atoms with Crippen molar-refractivity contribution >= 4 is 49.8 Å². The van der Waals surface area contributed by atoms with Gasteiger partial charge < -0.3 is 4.98 Å². The lowest BCUT2D eigenvalue weighted by Crippen LogP contribution is -2.29. The number of fused-ring (bicyclic) bond motifs is 2. The van der Waals surface area contributed by atoms with Gasteiger partial charge in [0.05, 0.1) is 22.2 Å². The Morgan fingerprint density at radius 1 is 0.871 bits per heavy atom. The highest BCUT2D eigenvalue weighted by atomic mass is 32.1. The molecule has 5 heteroatoms. The maximum Gasteiger partial charge on any atom is 0.241 e. The second-order valence-corrected chi connectivity index (χ2v) is 8.82. The third-order valence-corrected chi connectivity index (χ3v) is 7.14. The minimum atomic E-state index is -0.495. The molecule has 0 bridgehead atoms. The fraction of sp³-hybridized carbons (Fsp3) is 0.0769. The standard InChI is InChI=1S/C26H18N2O2S/c29-23-15-19(26(30)28(23)17-9-2-1-3-10-17)24-18-11-5-7-13-22(18)31-25(24)21-14-16-8-4-6-12-20(16)27-21/h1-14,19,27H,15H2. The fourth-order valence-corrected chi connectivity index (χ4v) is 5.75. The summed E-state index contributed by atoms with van der Waals surface area (Å²) in [5.74, 6) is -0.804. The van der Waals surface area contributed by atoms with Crippen molar-refractivity contribution in [3.05, 3.63) is 90.5 Å². The van der Waals surface area contributed by atoms with Gasteiger partial charge in [-0.05, 0) is 41.3 Å². The Hall–Kier alpha value is -3.70. The Morgan fingerprint density at radius 2 is 1.61 bits per heavy atom. The van der Waals surface area contributed by atoms with Gasteiger partial charge >= 0.3 is 0 Å². The van der Waals surface area contributed by atoms with Gasteiger partial charge in [-0.25, -0.2) is 0 Å². The van der Waals surface area contributed by atoms with E-state index in [4.69, 9.17) is 0 Å². The summed E-state index contributed by atoms with van der Waals surface area (Å²) in [5, 5.41) is 2.17. The summed E-state index contributed by atoms with van der Waals surface area (Å²) in [7, 11) is 0. The number of aromatic amines is 1. The highest BCUT2D eigenvalue weighted by Gasteiger charge is 2.42. The Bertz CT molecular complexity index is 1430. The number of H-pyrrole nitrogens is 1. The number of carbonyl (C=O) groups excluding carboxylic acids is 2. The molecule has 150 valence electrons. The fourth-order valence-electron chi connectivity index (χ4n) is 4.51. The first-order valence-electron chi connectivity index (χ1n) is 10.2. The highest BCUT2D eigenvalue weighted by Crippen LogP contribution is 2.46. The summed E-state index contributed by atoms with van der Waals surface area (Å²) in [4.78, 5) is 32.3. The molecule has 1 unspecified atom stereocenters. The molecule has 6 rings (SSSR count). The molecule has 0 radical (unpaired) electrons. The maximum absolute atomic E-state index is 13.5. The molecule has 1 aliphatic rings. The van der Waals surface area contributed by atoms with Gasteiger partial charge in [0.2, 0.25) is 11.8 Å². The van der Waals surface area contributed by atoms with E-state index in [1.54, 1.807) is 11.3 Å². The monoisotopic (exact) mass is 422 g/mol. The van der Waals surface area contributed by atoms with Crippen molar-refractivity contribution in [3.63, 3.8) is 0 Å². The predicted octanol–water partition coefficient (Wildman–Crippen LogP) is 6.10. The number of aromatic nitrogens is 1. The summed E-state index contributed by atoms with van der Waals surface area (Å²) in [6, 6.07) is 27.6. The van der Waals surface area contributed by atoms with E-state index >= 15 is 0 Å².